The zero-order valence-corrected chi connectivity index (χ0v) is 7.58. The van der Waals surface area contributed by atoms with Crippen molar-refractivity contribution >= 4 is 17.6 Å². The lowest BCUT2D eigenvalue weighted by atomic mass is 10.3. The fourth-order valence-electron chi connectivity index (χ4n) is 0.753. The number of ether oxygens (including phenoxy) is 1. The maximum absolute atomic E-state index is 10.6. The van der Waals surface area contributed by atoms with Crippen molar-refractivity contribution in [3.63, 3.8) is 0 Å². The third kappa shape index (κ3) is 2.29. The zero-order valence-electron chi connectivity index (χ0n) is 6.82. The van der Waals surface area contributed by atoms with Crippen LogP contribution in [0, 0.1) is 0 Å². The van der Waals surface area contributed by atoms with E-state index in [4.69, 9.17) is 21.4 Å². The van der Waals surface area contributed by atoms with Crippen molar-refractivity contribution in [3.8, 4) is 5.88 Å². The molecule has 1 heterocycles. The summed E-state index contributed by atoms with van der Waals surface area (Å²) in [6, 6.07) is 1.20. The summed E-state index contributed by atoms with van der Waals surface area (Å²) in [5.41, 5.74) is -0.0816. The second-order valence-corrected chi connectivity index (χ2v) is 2.51. The Balaban J connectivity index is 3.10. The van der Waals surface area contributed by atoms with E-state index in [1.165, 1.54) is 6.07 Å². The van der Waals surface area contributed by atoms with Crippen molar-refractivity contribution in [2.24, 2.45) is 0 Å². The SMILES string of the molecule is CCOc1nnc(Cl)cc1C(=O)O. The van der Waals surface area contributed by atoms with Gasteiger partial charge in [0.05, 0.1) is 6.61 Å². The molecule has 13 heavy (non-hydrogen) atoms. The summed E-state index contributed by atoms with van der Waals surface area (Å²) < 4.78 is 4.94. The Bertz CT molecular complexity index is 330. The number of carboxylic acid groups (broad SMARTS) is 1. The van der Waals surface area contributed by atoms with Crippen molar-refractivity contribution in [3.05, 3.63) is 16.8 Å². The second-order valence-electron chi connectivity index (χ2n) is 2.12. The fourth-order valence-corrected chi connectivity index (χ4v) is 0.900. The molecule has 1 rings (SSSR count). The molecule has 70 valence electrons. The van der Waals surface area contributed by atoms with Gasteiger partial charge in [-0.3, -0.25) is 0 Å². The Morgan fingerprint density at radius 3 is 2.92 bits per heavy atom. The smallest absolute Gasteiger partial charge is 0.341 e. The van der Waals surface area contributed by atoms with Crippen LogP contribution in [-0.4, -0.2) is 27.9 Å². The van der Waals surface area contributed by atoms with Crippen LogP contribution in [0.15, 0.2) is 6.07 Å². The maximum Gasteiger partial charge on any atom is 0.341 e. The molecule has 0 aliphatic rings. The van der Waals surface area contributed by atoms with Crippen LogP contribution in [0.2, 0.25) is 5.15 Å². The minimum absolute atomic E-state index is 0.0144. The average Bonchev–Trinajstić information content (AvgIpc) is 2.08. The van der Waals surface area contributed by atoms with Gasteiger partial charge in [0.2, 0.25) is 5.88 Å². The van der Waals surface area contributed by atoms with E-state index in [1.807, 2.05) is 0 Å². The summed E-state index contributed by atoms with van der Waals surface area (Å²) in [5.74, 6) is -1.15. The van der Waals surface area contributed by atoms with Crippen LogP contribution in [-0.2, 0) is 0 Å². The number of hydrogen-bond donors (Lipinski definition) is 1. The minimum Gasteiger partial charge on any atom is -0.477 e. The number of carboxylic acids is 1. The molecule has 0 spiro atoms. The lowest BCUT2D eigenvalue weighted by Gasteiger charge is -2.03. The van der Waals surface area contributed by atoms with Gasteiger partial charge in [-0.1, -0.05) is 11.6 Å². The molecule has 0 fully saturated rings. The average molecular weight is 203 g/mol. The predicted molar refractivity (Wildman–Crippen MR) is 45.2 cm³/mol. The number of aromatic nitrogens is 2. The molecule has 1 aromatic heterocycles. The Labute approximate surface area is 79.3 Å². The number of halogens is 1. The van der Waals surface area contributed by atoms with E-state index in [2.05, 4.69) is 10.2 Å². The van der Waals surface area contributed by atoms with E-state index >= 15 is 0 Å². The molecule has 0 unspecified atom stereocenters. The third-order valence-electron chi connectivity index (χ3n) is 1.24. The van der Waals surface area contributed by atoms with Crippen LogP contribution in [0.4, 0.5) is 0 Å². The topological polar surface area (TPSA) is 72.3 Å². The van der Waals surface area contributed by atoms with Gasteiger partial charge in [-0.2, -0.15) is 0 Å². The van der Waals surface area contributed by atoms with Crippen LogP contribution in [0.25, 0.3) is 0 Å². The molecule has 0 aliphatic carbocycles. The highest BCUT2D eigenvalue weighted by Gasteiger charge is 2.13. The summed E-state index contributed by atoms with van der Waals surface area (Å²) in [7, 11) is 0. The number of carbonyl (C=O) groups is 1. The van der Waals surface area contributed by atoms with Gasteiger partial charge in [-0.25, -0.2) is 4.79 Å². The Morgan fingerprint density at radius 2 is 2.38 bits per heavy atom. The van der Waals surface area contributed by atoms with Gasteiger partial charge >= 0.3 is 5.97 Å². The van der Waals surface area contributed by atoms with Crippen molar-refractivity contribution in [2.75, 3.05) is 6.61 Å². The van der Waals surface area contributed by atoms with E-state index in [1.54, 1.807) is 6.92 Å². The molecular formula is C7H7ClN2O3. The summed E-state index contributed by atoms with van der Waals surface area (Å²) in [6.07, 6.45) is 0. The van der Waals surface area contributed by atoms with E-state index in [9.17, 15) is 4.79 Å². The molecule has 0 aliphatic heterocycles. The van der Waals surface area contributed by atoms with E-state index in [0.29, 0.717) is 6.61 Å². The lowest BCUT2D eigenvalue weighted by molar-refractivity contribution is 0.0691. The highest BCUT2D eigenvalue weighted by atomic mass is 35.5. The summed E-state index contributed by atoms with van der Waals surface area (Å²) >= 11 is 5.47. The van der Waals surface area contributed by atoms with Crippen molar-refractivity contribution in [1.29, 1.82) is 0 Å². The maximum atomic E-state index is 10.6. The molecule has 0 aromatic carbocycles. The molecule has 0 bridgehead atoms. The molecule has 5 nitrogen and oxygen atoms in total. The lowest BCUT2D eigenvalue weighted by Crippen LogP contribution is -2.05. The summed E-state index contributed by atoms with van der Waals surface area (Å²) in [6.45, 7) is 2.05. The van der Waals surface area contributed by atoms with Crippen LogP contribution in [0.5, 0.6) is 5.88 Å². The van der Waals surface area contributed by atoms with Crippen molar-refractivity contribution in [1.82, 2.24) is 10.2 Å². The largest absolute Gasteiger partial charge is 0.477 e. The monoisotopic (exact) mass is 202 g/mol. The van der Waals surface area contributed by atoms with Gasteiger partial charge in [0.1, 0.15) is 5.56 Å². The Kier molecular flexibility index (Phi) is 3.02. The second kappa shape index (κ2) is 4.04. The molecule has 6 heteroatoms. The van der Waals surface area contributed by atoms with E-state index in [-0.39, 0.29) is 16.6 Å². The van der Waals surface area contributed by atoms with Crippen LogP contribution < -0.4 is 4.74 Å². The minimum atomic E-state index is -1.14. The standard InChI is InChI=1S/C7H7ClN2O3/c1-2-13-6-4(7(11)12)3-5(8)9-10-6/h3H,2H2,1H3,(H,11,12). The summed E-state index contributed by atoms with van der Waals surface area (Å²) in [4.78, 5) is 10.6. The molecule has 0 amide bonds. The van der Waals surface area contributed by atoms with E-state index in [0.717, 1.165) is 0 Å². The van der Waals surface area contributed by atoms with Gasteiger partial charge in [-0.05, 0) is 13.0 Å². The van der Waals surface area contributed by atoms with Crippen molar-refractivity contribution < 1.29 is 14.6 Å². The summed E-state index contributed by atoms with van der Waals surface area (Å²) in [5, 5.41) is 15.7. The number of nitrogens with zero attached hydrogens (tertiary/aromatic N) is 2. The first-order chi connectivity index (χ1) is 6.15. The highest BCUT2D eigenvalue weighted by Crippen LogP contribution is 2.16. The Morgan fingerprint density at radius 1 is 1.69 bits per heavy atom. The Hall–Kier alpha value is -1.36. The van der Waals surface area contributed by atoms with Gasteiger partial charge in [0, 0.05) is 0 Å². The molecule has 1 N–H and O–H groups in total. The molecule has 0 atom stereocenters. The van der Waals surface area contributed by atoms with Gasteiger partial charge < -0.3 is 9.84 Å². The molecular weight excluding hydrogens is 196 g/mol. The van der Waals surface area contributed by atoms with Crippen LogP contribution >= 0.6 is 11.6 Å². The predicted octanol–water partition coefficient (Wildman–Crippen LogP) is 1.23. The first-order valence-corrected chi connectivity index (χ1v) is 3.92. The van der Waals surface area contributed by atoms with Gasteiger partial charge in [-0.15, -0.1) is 10.2 Å². The normalized spacial score (nSPS) is 9.69. The molecule has 0 radical (unpaired) electrons. The number of aromatic carboxylic acids is 1. The molecule has 0 saturated carbocycles. The highest BCUT2D eigenvalue weighted by molar-refractivity contribution is 6.29. The van der Waals surface area contributed by atoms with E-state index < -0.39 is 5.97 Å². The molecule has 1 aromatic rings. The van der Waals surface area contributed by atoms with Gasteiger partial charge in [0.25, 0.3) is 0 Å². The molecule has 0 saturated heterocycles. The number of rotatable bonds is 3. The quantitative estimate of drug-likeness (QED) is 0.798. The van der Waals surface area contributed by atoms with Crippen LogP contribution in [0.3, 0.4) is 0 Å². The van der Waals surface area contributed by atoms with Gasteiger partial charge in [0.15, 0.2) is 5.15 Å². The fraction of sp³-hybridized carbons (Fsp3) is 0.286. The van der Waals surface area contributed by atoms with Crippen LogP contribution in [0.1, 0.15) is 17.3 Å². The zero-order chi connectivity index (χ0) is 9.84. The first kappa shape index (κ1) is 9.73. The third-order valence-corrected chi connectivity index (χ3v) is 1.43. The number of hydrogen-bond acceptors (Lipinski definition) is 4. The van der Waals surface area contributed by atoms with Crippen molar-refractivity contribution in [2.45, 2.75) is 6.92 Å². The first-order valence-electron chi connectivity index (χ1n) is 3.54.